The van der Waals surface area contributed by atoms with Crippen LogP contribution < -0.4 is 15.5 Å². The molecule has 184 valence electrons. The first-order valence-corrected chi connectivity index (χ1v) is 12.3. The third kappa shape index (κ3) is 7.46. The summed E-state index contributed by atoms with van der Waals surface area (Å²) in [5.74, 6) is -0.234. The maximum atomic E-state index is 13.3. The van der Waals surface area contributed by atoms with Gasteiger partial charge in [0.25, 0.3) is 5.91 Å². The Labute approximate surface area is 216 Å². The lowest BCUT2D eigenvalue weighted by Crippen LogP contribution is -2.41. The minimum atomic E-state index is -0.249. The fourth-order valence-corrected chi connectivity index (χ4v) is 3.92. The normalized spacial score (nSPS) is 10.8. The molecule has 35 heavy (non-hydrogen) atoms. The van der Waals surface area contributed by atoms with Crippen molar-refractivity contribution in [2.24, 2.45) is 0 Å². The second kappa shape index (κ2) is 12.6. The molecular formula is C27H30Cl2N4O2. The van der Waals surface area contributed by atoms with Gasteiger partial charge in [0, 0.05) is 45.8 Å². The summed E-state index contributed by atoms with van der Waals surface area (Å²) in [4.78, 5) is 30.0. The molecule has 0 fully saturated rings. The number of carbonyl (C=O) groups excluding carboxylic acids is 2. The molecule has 0 aliphatic rings. The number of halogens is 2. The van der Waals surface area contributed by atoms with Crippen LogP contribution in [0.15, 0.2) is 66.7 Å². The van der Waals surface area contributed by atoms with E-state index in [-0.39, 0.29) is 11.9 Å². The molecule has 0 radical (unpaired) electrons. The Balaban J connectivity index is 1.82. The van der Waals surface area contributed by atoms with Crippen molar-refractivity contribution in [3.8, 4) is 0 Å². The van der Waals surface area contributed by atoms with Crippen LogP contribution in [0.5, 0.6) is 0 Å². The first kappa shape index (κ1) is 26.5. The average Bonchev–Trinajstić information content (AvgIpc) is 2.85. The van der Waals surface area contributed by atoms with Crippen molar-refractivity contribution in [3.05, 3.63) is 87.9 Å². The second-order valence-corrected chi connectivity index (χ2v) is 8.95. The largest absolute Gasteiger partial charge is 0.326 e. The maximum absolute atomic E-state index is 13.3. The summed E-state index contributed by atoms with van der Waals surface area (Å²) in [6.07, 6.45) is 0. The predicted octanol–water partition coefficient (Wildman–Crippen LogP) is 6.93. The Kier molecular flexibility index (Phi) is 9.55. The SMILES string of the molecule is CCN(CC)CCN(C(=O)Nc1ccc(Cl)cc1)c1ccc(C(=O)Nc2ccc(Cl)cc2)cc1C. The number of amides is 3. The third-order valence-electron chi connectivity index (χ3n) is 5.73. The fourth-order valence-electron chi connectivity index (χ4n) is 3.67. The molecule has 0 atom stereocenters. The molecule has 2 N–H and O–H groups in total. The molecule has 0 aliphatic carbocycles. The van der Waals surface area contributed by atoms with E-state index in [1.807, 2.05) is 13.0 Å². The van der Waals surface area contributed by atoms with Gasteiger partial charge in [-0.05, 0) is 92.3 Å². The lowest BCUT2D eigenvalue weighted by molar-refractivity contribution is 0.102. The summed E-state index contributed by atoms with van der Waals surface area (Å²) in [5, 5.41) is 7.02. The van der Waals surface area contributed by atoms with Gasteiger partial charge in [0.15, 0.2) is 0 Å². The molecule has 0 aromatic heterocycles. The summed E-state index contributed by atoms with van der Waals surface area (Å²) >= 11 is 11.9. The molecule has 0 bridgehead atoms. The van der Waals surface area contributed by atoms with E-state index in [0.717, 1.165) is 30.9 Å². The highest BCUT2D eigenvalue weighted by Crippen LogP contribution is 2.24. The van der Waals surface area contributed by atoms with Crippen LogP contribution in [0.2, 0.25) is 10.0 Å². The number of rotatable bonds is 9. The maximum Gasteiger partial charge on any atom is 0.326 e. The van der Waals surface area contributed by atoms with E-state index < -0.39 is 0 Å². The van der Waals surface area contributed by atoms with E-state index in [9.17, 15) is 9.59 Å². The van der Waals surface area contributed by atoms with E-state index in [0.29, 0.717) is 33.5 Å². The van der Waals surface area contributed by atoms with E-state index in [2.05, 4.69) is 29.4 Å². The van der Waals surface area contributed by atoms with Crippen molar-refractivity contribution in [2.45, 2.75) is 20.8 Å². The quantitative estimate of drug-likeness (QED) is 0.326. The highest BCUT2D eigenvalue weighted by atomic mass is 35.5. The highest BCUT2D eigenvalue weighted by molar-refractivity contribution is 6.31. The lowest BCUT2D eigenvalue weighted by Gasteiger charge is -2.28. The molecular weight excluding hydrogens is 483 g/mol. The average molecular weight is 513 g/mol. The Morgan fingerprint density at radius 2 is 1.31 bits per heavy atom. The number of carbonyl (C=O) groups is 2. The van der Waals surface area contributed by atoms with Crippen molar-refractivity contribution in [1.29, 1.82) is 0 Å². The van der Waals surface area contributed by atoms with Gasteiger partial charge in [-0.3, -0.25) is 9.69 Å². The molecule has 0 aliphatic heterocycles. The zero-order valence-corrected chi connectivity index (χ0v) is 21.7. The van der Waals surface area contributed by atoms with Crippen molar-refractivity contribution in [3.63, 3.8) is 0 Å². The third-order valence-corrected chi connectivity index (χ3v) is 6.23. The molecule has 3 rings (SSSR count). The van der Waals surface area contributed by atoms with E-state index in [4.69, 9.17) is 23.2 Å². The number of nitrogens with zero attached hydrogens (tertiary/aromatic N) is 2. The number of aryl methyl sites for hydroxylation is 1. The van der Waals surface area contributed by atoms with Crippen LogP contribution in [0.25, 0.3) is 0 Å². The molecule has 0 unspecified atom stereocenters. The van der Waals surface area contributed by atoms with Gasteiger partial charge in [-0.2, -0.15) is 0 Å². The molecule has 3 aromatic carbocycles. The number of likely N-dealkylation sites (N-methyl/N-ethyl adjacent to an activating group) is 1. The molecule has 0 spiro atoms. The van der Waals surface area contributed by atoms with Crippen molar-refractivity contribution in [2.75, 3.05) is 41.7 Å². The highest BCUT2D eigenvalue weighted by Gasteiger charge is 2.20. The summed E-state index contributed by atoms with van der Waals surface area (Å²) in [6.45, 7) is 9.10. The lowest BCUT2D eigenvalue weighted by atomic mass is 10.1. The van der Waals surface area contributed by atoms with Gasteiger partial charge in [0.05, 0.1) is 0 Å². The van der Waals surface area contributed by atoms with Gasteiger partial charge in [0.1, 0.15) is 0 Å². The van der Waals surface area contributed by atoms with Gasteiger partial charge in [-0.25, -0.2) is 4.79 Å². The van der Waals surface area contributed by atoms with Gasteiger partial charge in [0.2, 0.25) is 0 Å². The van der Waals surface area contributed by atoms with E-state index >= 15 is 0 Å². The fraction of sp³-hybridized carbons (Fsp3) is 0.259. The Morgan fingerprint density at radius 1 is 0.771 bits per heavy atom. The first-order valence-electron chi connectivity index (χ1n) is 11.5. The summed E-state index contributed by atoms with van der Waals surface area (Å²) in [7, 11) is 0. The topological polar surface area (TPSA) is 64.7 Å². The molecule has 3 aromatic rings. The molecule has 6 nitrogen and oxygen atoms in total. The number of urea groups is 1. The number of anilines is 3. The van der Waals surface area contributed by atoms with Crippen molar-refractivity contribution in [1.82, 2.24) is 4.90 Å². The smallest absolute Gasteiger partial charge is 0.322 e. The van der Waals surface area contributed by atoms with Crippen LogP contribution in [-0.4, -0.2) is 43.0 Å². The van der Waals surface area contributed by atoms with Gasteiger partial charge < -0.3 is 15.5 Å². The van der Waals surface area contributed by atoms with Crippen molar-refractivity contribution >= 4 is 52.2 Å². The molecule has 0 saturated carbocycles. The summed E-state index contributed by atoms with van der Waals surface area (Å²) in [5.41, 5.74) is 3.38. The number of hydrogen-bond acceptors (Lipinski definition) is 3. The van der Waals surface area contributed by atoms with Crippen molar-refractivity contribution < 1.29 is 9.59 Å². The molecule has 0 heterocycles. The predicted molar refractivity (Wildman–Crippen MR) is 146 cm³/mol. The minimum absolute atomic E-state index is 0.234. The van der Waals surface area contributed by atoms with Crippen LogP contribution in [0.1, 0.15) is 29.8 Å². The monoisotopic (exact) mass is 512 g/mol. The summed E-state index contributed by atoms with van der Waals surface area (Å²) < 4.78 is 0. The number of benzene rings is 3. The van der Waals surface area contributed by atoms with Crippen LogP contribution in [-0.2, 0) is 0 Å². The van der Waals surface area contributed by atoms with Crippen LogP contribution in [0.3, 0.4) is 0 Å². The molecule has 3 amide bonds. The van der Waals surface area contributed by atoms with Gasteiger partial charge >= 0.3 is 6.03 Å². The van der Waals surface area contributed by atoms with Crippen LogP contribution in [0, 0.1) is 6.92 Å². The van der Waals surface area contributed by atoms with Crippen LogP contribution in [0.4, 0.5) is 21.9 Å². The van der Waals surface area contributed by atoms with E-state index in [1.54, 1.807) is 65.6 Å². The molecule has 0 saturated heterocycles. The Morgan fingerprint density at radius 3 is 1.83 bits per heavy atom. The van der Waals surface area contributed by atoms with E-state index in [1.165, 1.54) is 0 Å². The summed E-state index contributed by atoms with van der Waals surface area (Å²) in [6, 6.07) is 19.0. The zero-order chi connectivity index (χ0) is 25.4. The Hall–Kier alpha value is -3.06. The zero-order valence-electron chi connectivity index (χ0n) is 20.1. The van der Waals surface area contributed by atoms with Crippen LogP contribution >= 0.6 is 23.2 Å². The Bertz CT molecular complexity index is 1150. The molecule has 8 heteroatoms. The minimum Gasteiger partial charge on any atom is -0.322 e. The number of hydrogen-bond donors (Lipinski definition) is 2. The standard InChI is InChI=1S/C27H30Cl2N4O2/c1-4-32(5-2)16-17-33(27(35)31-24-13-9-22(29)10-14-24)25-15-6-20(18-19(25)3)26(34)30-23-11-7-21(28)8-12-23/h6-15,18H,4-5,16-17H2,1-3H3,(H,30,34)(H,31,35). The first-order chi connectivity index (χ1) is 16.8. The van der Waals surface area contributed by atoms with Gasteiger partial charge in [-0.1, -0.05) is 37.0 Å². The number of nitrogens with one attached hydrogen (secondary N) is 2. The second-order valence-electron chi connectivity index (χ2n) is 8.08. The van der Waals surface area contributed by atoms with Gasteiger partial charge in [-0.15, -0.1) is 0 Å².